The minimum atomic E-state index is 0.241. The fourth-order valence-electron chi connectivity index (χ4n) is 0.434. The second kappa shape index (κ2) is 4.57. The lowest BCUT2D eigenvalue weighted by molar-refractivity contribution is 0.494. The highest BCUT2D eigenvalue weighted by molar-refractivity contribution is 4.75. The molecule has 46 valence electrons. The minimum Gasteiger partial charge on any atom is -0.261 e. The molecule has 8 heavy (non-hydrogen) atoms. The lowest BCUT2D eigenvalue weighted by Gasteiger charge is -2.06. The first-order valence-corrected chi connectivity index (χ1v) is 2.60. The summed E-state index contributed by atoms with van der Waals surface area (Å²) in [5.74, 6) is 0. The second-order valence-electron chi connectivity index (χ2n) is 1.66. The Hall–Kier alpha value is -0.590. The molecule has 0 saturated carbocycles. The van der Waals surface area contributed by atoms with Crippen molar-refractivity contribution in [3.63, 3.8) is 0 Å². The molecule has 0 aliphatic heterocycles. The summed E-state index contributed by atoms with van der Waals surface area (Å²) in [6, 6.07) is 2.29. The summed E-state index contributed by atoms with van der Waals surface area (Å²) in [7, 11) is 1.79. The predicted octanol–water partition coefficient (Wildman–Crippen LogP) is 0.0126. The third kappa shape index (κ3) is 3.59. The zero-order valence-corrected chi connectivity index (χ0v) is 5.23. The van der Waals surface area contributed by atoms with E-state index in [2.05, 4.69) is 10.9 Å². The van der Waals surface area contributed by atoms with Crippen LogP contribution in [0.15, 0.2) is 0 Å². The van der Waals surface area contributed by atoms with Crippen molar-refractivity contribution in [2.45, 2.75) is 19.4 Å². The van der Waals surface area contributed by atoms with Gasteiger partial charge in [-0.2, -0.15) is 5.26 Å². The summed E-state index contributed by atoms with van der Waals surface area (Å²) in [5, 5.41) is 8.15. The lowest BCUT2D eigenvalue weighted by atomic mass is 10.3. The molecule has 0 saturated heterocycles. The fourth-order valence-corrected chi connectivity index (χ4v) is 0.434. The van der Waals surface area contributed by atoms with Gasteiger partial charge in [0.25, 0.3) is 0 Å². The molecular formula is C5H11N3. The van der Waals surface area contributed by atoms with Crippen molar-refractivity contribution in [3.8, 4) is 6.07 Å². The first-order valence-electron chi connectivity index (χ1n) is 2.60. The van der Waals surface area contributed by atoms with E-state index < -0.39 is 0 Å². The van der Waals surface area contributed by atoms with E-state index in [-0.39, 0.29) is 6.04 Å². The van der Waals surface area contributed by atoms with Crippen LogP contribution in [0.2, 0.25) is 0 Å². The first kappa shape index (κ1) is 7.41. The van der Waals surface area contributed by atoms with E-state index in [0.717, 1.165) is 0 Å². The van der Waals surface area contributed by atoms with Gasteiger partial charge in [0, 0.05) is 6.04 Å². The van der Waals surface area contributed by atoms with Gasteiger partial charge in [0.05, 0.1) is 12.5 Å². The topological polar surface area (TPSA) is 47.8 Å². The molecule has 0 fully saturated rings. The largest absolute Gasteiger partial charge is 0.261 e. The molecule has 1 unspecified atom stereocenters. The van der Waals surface area contributed by atoms with Gasteiger partial charge in [-0.05, 0) is 14.0 Å². The van der Waals surface area contributed by atoms with Crippen molar-refractivity contribution < 1.29 is 0 Å². The maximum absolute atomic E-state index is 8.15. The molecule has 0 rings (SSSR count). The Morgan fingerprint density at radius 1 is 1.75 bits per heavy atom. The summed E-state index contributed by atoms with van der Waals surface area (Å²) in [6.45, 7) is 1.94. The molecule has 0 aromatic rings. The van der Waals surface area contributed by atoms with Crippen molar-refractivity contribution in [3.05, 3.63) is 0 Å². The van der Waals surface area contributed by atoms with Crippen molar-refractivity contribution in [1.82, 2.24) is 10.9 Å². The number of hydrogen-bond acceptors (Lipinski definition) is 3. The highest BCUT2D eigenvalue weighted by atomic mass is 15.3. The van der Waals surface area contributed by atoms with Crippen LogP contribution in [0.4, 0.5) is 0 Å². The molecular weight excluding hydrogens is 102 g/mol. The third-order valence-corrected chi connectivity index (χ3v) is 0.788. The summed E-state index contributed by atoms with van der Waals surface area (Å²) in [6.07, 6.45) is 0.542. The predicted molar refractivity (Wildman–Crippen MR) is 31.9 cm³/mol. The molecule has 3 nitrogen and oxygen atoms in total. The van der Waals surface area contributed by atoms with E-state index in [1.54, 1.807) is 7.05 Å². The lowest BCUT2D eigenvalue weighted by Crippen LogP contribution is -2.35. The maximum Gasteiger partial charge on any atom is 0.0638 e. The number of nitrogens with one attached hydrogen (secondary N) is 2. The molecule has 0 spiro atoms. The SMILES string of the molecule is CNNC(C)CC#N. The Morgan fingerprint density at radius 3 is 2.75 bits per heavy atom. The van der Waals surface area contributed by atoms with Crippen LogP contribution in [0.5, 0.6) is 0 Å². The minimum absolute atomic E-state index is 0.241. The quantitative estimate of drug-likeness (QED) is 0.507. The van der Waals surface area contributed by atoms with Crippen LogP contribution in [0.1, 0.15) is 13.3 Å². The van der Waals surface area contributed by atoms with Gasteiger partial charge in [0.1, 0.15) is 0 Å². The summed E-state index contributed by atoms with van der Waals surface area (Å²) < 4.78 is 0. The first-order chi connectivity index (χ1) is 3.81. The van der Waals surface area contributed by atoms with Gasteiger partial charge in [0.2, 0.25) is 0 Å². The van der Waals surface area contributed by atoms with Crippen LogP contribution in [0.25, 0.3) is 0 Å². The summed E-state index contributed by atoms with van der Waals surface area (Å²) >= 11 is 0. The van der Waals surface area contributed by atoms with Gasteiger partial charge in [-0.15, -0.1) is 0 Å². The van der Waals surface area contributed by atoms with Crippen molar-refractivity contribution >= 4 is 0 Å². The van der Waals surface area contributed by atoms with Crippen LogP contribution < -0.4 is 10.9 Å². The van der Waals surface area contributed by atoms with E-state index in [9.17, 15) is 0 Å². The number of nitriles is 1. The van der Waals surface area contributed by atoms with Crippen LogP contribution in [-0.2, 0) is 0 Å². The molecule has 0 aromatic carbocycles. The van der Waals surface area contributed by atoms with Gasteiger partial charge in [-0.3, -0.25) is 10.9 Å². The molecule has 3 heteroatoms. The average Bonchev–Trinajstić information content (AvgIpc) is 1.68. The van der Waals surface area contributed by atoms with Crippen LogP contribution in [0, 0.1) is 11.3 Å². The van der Waals surface area contributed by atoms with E-state index >= 15 is 0 Å². The van der Waals surface area contributed by atoms with Crippen molar-refractivity contribution in [1.29, 1.82) is 5.26 Å². The molecule has 0 radical (unpaired) electrons. The normalized spacial score (nSPS) is 12.6. The Kier molecular flexibility index (Phi) is 4.23. The van der Waals surface area contributed by atoms with Crippen LogP contribution in [-0.4, -0.2) is 13.1 Å². The Bertz CT molecular complexity index is 84.2. The molecule has 0 aliphatic rings. The van der Waals surface area contributed by atoms with Gasteiger partial charge in [0.15, 0.2) is 0 Å². The van der Waals surface area contributed by atoms with Gasteiger partial charge >= 0.3 is 0 Å². The molecule has 0 aromatic heterocycles. The average molecular weight is 113 g/mol. The molecule has 1 atom stereocenters. The monoisotopic (exact) mass is 113 g/mol. The highest BCUT2D eigenvalue weighted by Gasteiger charge is 1.94. The van der Waals surface area contributed by atoms with Crippen LogP contribution >= 0.6 is 0 Å². The Morgan fingerprint density at radius 2 is 2.38 bits per heavy atom. The van der Waals surface area contributed by atoms with Crippen molar-refractivity contribution in [2.24, 2.45) is 0 Å². The Labute approximate surface area is 49.7 Å². The molecule has 2 N–H and O–H groups in total. The third-order valence-electron chi connectivity index (χ3n) is 0.788. The second-order valence-corrected chi connectivity index (χ2v) is 1.66. The number of nitrogens with zero attached hydrogens (tertiary/aromatic N) is 1. The standard InChI is InChI=1S/C5H11N3/c1-5(3-4-6)8-7-2/h5,7-8H,3H2,1-2H3. The highest BCUT2D eigenvalue weighted by Crippen LogP contribution is 1.82. The van der Waals surface area contributed by atoms with Gasteiger partial charge in [-0.25, -0.2) is 0 Å². The van der Waals surface area contributed by atoms with Gasteiger partial charge in [-0.1, -0.05) is 0 Å². The molecule has 0 amide bonds. The van der Waals surface area contributed by atoms with E-state index in [1.165, 1.54) is 0 Å². The van der Waals surface area contributed by atoms with E-state index in [1.807, 2.05) is 13.0 Å². The number of rotatable bonds is 3. The fraction of sp³-hybridized carbons (Fsp3) is 0.800. The zero-order valence-electron chi connectivity index (χ0n) is 5.23. The molecule has 0 heterocycles. The maximum atomic E-state index is 8.15. The molecule has 0 aliphatic carbocycles. The number of hydrogen-bond donors (Lipinski definition) is 2. The zero-order chi connectivity index (χ0) is 6.41. The smallest absolute Gasteiger partial charge is 0.0638 e. The molecule has 0 bridgehead atoms. The number of hydrazine groups is 1. The van der Waals surface area contributed by atoms with Gasteiger partial charge < -0.3 is 0 Å². The van der Waals surface area contributed by atoms with Crippen LogP contribution in [0.3, 0.4) is 0 Å². The van der Waals surface area contributed by atoms with E-state index in [0.29, 0.717) is 6.42 Å². The van der Waals surface area contributed by atoms with Crippen molar-refractivity contribution in [2.75, 3.05) is 7.05 Å². The van der Waals surface area contributed by atoms with E-state index in [4.69, 9.17) is 5.26 Å². The summed E-state index contributed by atoms with van der Waals surface area (Å²) in [4.78, 5) is 0. The Balaban J connectivity index is 3.08. The summed E-state index contributed by atoms with van der Waals surface area (Å²) in [5.41, 5.74) is 5.63.